The van der Waals surface area contributed by atoms with Gasteiger partial charge in [0.1, 0.15) is 11.2 Å². The SMILES string of the molecule is O=C(N(F)Cc1ccccc1)C1(CCCCN2CCN(c3ccc4ccccc4n3)CC2)c2ccccc2-c2ccccc21. The van der Waals surface area contributed by atoms with E-state index in [2.05, 4.69) is 46.2 Å². The first-order valence-corrected chi connectivity index (χ1v) is 15.7. The summed E-state index contributed by atoms with van der Waals surface area (Å²) in [5.74, 6) is 0.559. The van der Waals surface area contributed by atoms with Crippen molar-refractivity contribution in [2.75, 3.05) is 37.6 Å². The number of hydrogen-bond donors (Lipinski definition) is 0. The third-order valence-electron chi connectivity index (χ3n) is 9.37. The van der Waals surface area contributed by atoms with Crippen LogP contribution in [0.1, 0.15) is 36.0 Å². The highest BCUT2D eigenvalue weighted by molar-refractivity contribution is 6.00. The van der Waals surface area contributed by atoms with Crippen LogP contribution in [0, 0.1) is 0 Å². The third-order valence-corrected chi connectivity index (χ3v) is 9.37. The van der Waals surface area contributed by atoms with Crippen molar-refractivity contribution in [3.05, 3.63) is 132 Å². The minimum absolute atomic E-state index is 0.0674. The van der Waals surface area contributed by atoms with E-state index in [0.717, 1.165) is 90.1 Å². The summed E-state index contributed by atoms with van der Waals surface area (Å²) in [5, 5.41) is 1.60. The summed E-state index contributed by atoms with van der Waals surface area (Å²) in [6.07, 6.45) is 2.33. The van der Waals surface area contributed by atoms with Crippen molar-refractivity contribution in [1.82, 2.24) is 15.0 Å². The Labute approximate surface area is 258 Å². The highest BCUT2D eigenvalue weighted by Crippen LogP contribution is 2.52. The predicted octanol–water partition coefficient (Wildman–Crippen LogP) is 7.41. The molecule has 1 fully saturated rings. The molecule has 2 heterocycles. The van der Waals surface area contributed by atoms with Gasteiger partial charge in [-0.1, -0.05) is 108 Å². The van der Waals surface area contributed by atoms with E-state index in [4.69, 9.17) is 4.98 Å². The second kappa shape index (κ2) is 12.2. The summed E-state index contributed by atoms with van der Waals surface area (Å²) in [7, 11) is 0. The van der Waals surface area contributed by atoms with Crippen LogP contribution < -0.4 is 4.90 Å². The van der Waals surface area contributed by atoms with Crippen molar-refractivity contribution in [1.29, 1.82) is 0 Å². The van der Waals surface area contributed by atoms with Gasteiger partial charge in [0, 0.05) is 31.6 Å². The van der Waals surface area contributed by atoms with E-state index >= 15 is 4.48 Å². The molecule has 0 atom stereocenters. The van der Waals surface area contributed by atoms with Gasteiger partial charge in [0.25, 0.3) is 5.91 Å². The molecule has 0 N–H and O–H groups in total. The summed E-state index contributed by atoms with van der Waals surface area (Å²) in [6, 6.07) is 38.0. The first-order chi connectivity index (χ1) is 21.6. The molecule has 1 amide bonds. The Hall–Kier alpha value is -4.55. The molecule has 1 saturated heterocycles. The number of anilines is 1. The number of para-hydroxylation sites is 1. The number of hydrogen-bond acceptors (Lipinski definition) is 4. The van der Waals surface area contributed by atoms with E-state index in [1.807, 2.05) is 78.9 Å². The van der Waals surface area contributed by atoms with E-state index in [1.165, 1.54) is 0 Å². The van der Waals surface area contributed by atoms with Crippen LogP contribution in [0.5, 0.6) is 0 Å². The zero-order valence-electron chi connectivity index (χ0n) is 24.9. The van der Waals surface area contributed by atoms with E-state index in [1.54, 1.807) is 0 Å². The summed E-state index contributed by atoms with van der Waals surface area (Å²) in [4.78, 5) is 24.0. The summed E-state index contributed by atoms with van der Waals surface area (Å²) >= 11 is 0. The Kier molecular flexibility index (Phi) is 7.84. The molecular weight excluding hydrogens is 547 g/mol. The average Bonchev–Trinajstić information content (AvgIpc) is 3.37. The number of aromatic nitrogens is 1. The van der Waals surface area contributed by atoms with Gasteiger partial charge in [-0.15, -0.1) is 0 Å². The molecule has 0 bridgehead atoms. The minimum Gasteiger partial charge on any atom is -0.354 e. The van der Waals surface area contributed by atoms with E-state index in [9.17, 15) is 4.79 Å². The summed E-state index contributed by atoms with van der Waals surface area (Å²) in [5.41, 5.74) is 4.65. The molecule has 1 aliphatic heterocycles. The zero-order chi connectivity index (χ0) is 29.9. The van der Waals surface area contributed by atoms with Crippen LogP contribution in [0.3, 0.4) is 0 Å². The predicted molar refractivity (Wildman–Crippen MR) is 175 cm³/mol. The lowest BCUT2D eigenvalue weighted by Gasteiger charge is -2.36. The lowest BCUT2D eigenvalue weighted by molar-refractivity contribution is -0.153. The molecule has 5 nitrogen and oxygen atoms in total. The largest absolute Gasteiger partial charge is 0.354 e. The van der Waals surface area contributed by atoms with Crippen LogP contribution >= 0.6 is 0 Å². The number of amides is 1. The number of piperazine rings is 1. The molecular formula is C38H37FN4O. The Bertz CT molecular complexity index is 1720. The number of unbranched alkanes of at least 4 members (excludes halogenated alkanes) is 1. The quantitative estimate of drug-likeness (QED) is 0.134. The maximum Gasteiger partial charge on any atom is 0.265 e. The standard InChI is InChI=1S/C38H37FN4O/c39-43(28-29-12-2-1-3-13-29)37(44)38(33-17-7-5-15-31(33)32-16-6-8-18-34(32)38)22-10-11-23-41-24-26-42(27-25-41)36-21-20-30-14-4-9-19-35(30)40-36/h1-9,12-21H,10-11,22-28H2. The monoisotopic (exact) mass is 584 g/mol. The van der Waals surface area contributed by atoms with Gasteiger partial charge in [-0.2, -0.15) is 5.12 Å². The Balaban J connectivity index is 1.04. The van der Waals surface area contributed by atoms with Crippen LogP contribution in [0.4, 0.5) is 10.3 Å². The number of pyridine rings is 1. The summed E-state index contributed by atoms with van der Waals surface area (Å²) in [6.45, 7) is 4.70. The molecule has 0 saturated carbocycles. The molecule has 7 rings (SSSR count). The molecule has 0 spiro atoms. The second-order valence-electron chi connectivity index (χ2n) is 12.0. The Morgan fingerprint density at radius 3 is 2.09 bits per heavy atom. The molecule has 222 valence electrons. The Morgan fingerprint density at radius 1 is 0.727 bits per heavy atom. The molecule has 0 radical (unpaired) electrons. The maximum atomic E-state index is 15.9. The third kappa shape index (κ3) is 5.24. The zero-order valence-corrected chi connectivity index (χ0v) is 24.9. The molecule has 44 heavy (non-hydrogen) atoms. The van der Waals surface area contributed by atoms with Gasteiger partial charge < -0.3 is 4.90 Å². The topological polar surface area (TPSA) is 39.7 Å². The fraction of sp³-hybridized carbons (Fsp3) is 0.263. The second-order valence-corrected chi connectivity index (χ2v) is 12.0. The number of benzene rings is 4. The van der Waals surface area contributed by atoms with E-state index in [0.29, 0.717) is 11.5 Å². The smallest absolute Gasteiger partial charge is 0.265 e. The maximum absolute atomic E-state index is 15.9. The molecule has 2 aliphatic rings. The van der Waals surface area contributed by atoms with Gasteiger partial charge in [-0.25, -0.2) is 4.98 Å². The molecule has 6 heteroatoms. The van der Waals surface area contributed by atoms with E-state index < -0.39 is 11.3 Å². The van der Waals surface area contributed by atoms with Gasteiger partial charge in [0.15, 0.2) is 0 Å². The van der Waals surface area contributed by atoms with Crippen LogP contribution in [0.15, 0.2) is 115 Å². The summed E-state index contributed by atoms with van der Waals surface area (Å²) < 4.78 is 15.9. The molecule has 1 aliphatic carbocycles. The fourth-order valence-electron chi connectivity index (χ4n) is 7.11. The minimum atomic E-state index is -1.04. The molecule has 0 unspecified atom stereocenters. The number of rotatable bonds is 9. The number of nitrogens with zero attached hydrogens (tertiary/aromatic N) is 4. The normalized spacial score (nSPS) is 15.6. The number of halogens is 1. The van der Waals surface area contributed by atoms with Crippen molar-refractivity contribution >= 4 is 22.6 Å². The van der Waals surface area contributed by atoms with Crippen molar-refractivity contribution in [2.24, 2.45) is 0 Å². The first-order valence-electron chi connectivity index (χ1n) is 15.7. The molecule has 5 aromatic rings. The van der Waals surface area contributed by atoms with Crippen LogP contribution in [0.2, 0.25) is 0 Å². The number of carbonyl (C=O) groups is 1. The van der Waals surface area contributed by atoms with Gasteiger partial charge >= 0.3 is 0 Å². The van der Waals surface area contributed by atoms with Crippen molar-refractivity contribution in [2.45, 2.75) is 31.2 Å². The van der Waals surface area contributed by atoms with Crippen LogP contribution in [0.25, 0.3) is 22.0 Å². The molecule has 4 aromatic carbocycles. The lowest BCUT2D eigenvalue weighted by atomic mass is 9.73. The lowest BCUT2D eigenvalue weighted by Crippen LogP contribution is -2.47. The average molecular weight is 585 g/mol. The van der Waals surface area contributed by atoms with Crippen LogP contribution in [-0.2, 0) is 16.8 Å². The van der Waals surface area contributed by atoms with Crippen LogP contribution in [-0.4, -0.2) is 53.6 Å². The van der Waals surface area contributed by atoms with Gasteiger partial charge in [0.05, 0.1) is 12.1 Å². The highest BCUT2D eigenvalue weighted by Gasteiger charge is 2.50. The van der Waals surface area contributed by atoms with E-state index in [-0.39, 0.29) is 6.54 Å². The fourth-order valence-corrected chi connectivity index (χ4v) is 7.11. The van der Waals surface area contributed by atoms with Gasteiger partial charge in [-0.05, 0) is 65.4 Å². The van der Waals surface area contributed by atoms with Gasteiger partial charge in [-0.3, -0.25) is 9.69 Å². The Morgan fingerprint density at radius 2 is 1.36 bits per heavy atom. The van der Waals surface area contributed by atoms with Crippen molar-refractivity contribution in [3.8, 4) is 11.1 Å². The van der Waals surface area contributed by atoms with Crippen molar-refractivity contribution in [3.63, 3.8) is 0 Å². The highest BCUT2D eigenvalue weighted by atomic mass is 19.2. The number of fused-ring (bicyclic) bond motifs is 4. The first kappa shape index (κ1) is 28.2. The van der Waals surface area contributed by atoms with Gasteiger partial charge in [0.2, 0.25) is 0 Å². The number of carbonyl (C=O) groups excluding carboxylic acids is 1. The van der Waals surface area contributed by atoms with Crippen molar-refractivity contribution < 1.29 is 9.28 Å². The molecule has 1 aromatic heterocycles.